The maximum absolute atomic E-state index is 6.20. The number of benzene rings is 2. The molecule has 0 atom stereocenters. The Balaban J connectivity index is 2.45. The predicted molar refractivity (Wildman–Crippen MR) is 91.8 cm³/mol. The minimum absolute atomic E-state index is 0.254. The van der Waals surface area contributed by atoms with Crippen LogP contribution in [0.15, 0.2) is 30.3 Å². The molecule has 0 heterocycles. The van der Waals surface area contributed by atoms with Gasteiger partial charge in [-0.25, -0.2) is 0 Å². The zero-order chi connectivity index (χ0) is 14.9. The van der Waals surface area contributed by atoms with Crippen molar-refractivity contribution in [3.63, 3.8) is 0 Å². The minimum Gasteiger partial charge on any atom is -0.389 e. The molecule has 0 amide bonds. The Morgan fingerprint density at radius 3 is 2.40 bits per heavy atom. The number of halogens is 3. The van der Waals surface area contributed by atoms with Gasteiger partial charge in [0.2, 0.25) is 0 Å². The molecule has 0 spiro atoms. The molecule has 0 unspecified atom stereocenters. The number of nitrogens with one attached hydrogen (secondary N) is 1. The number of rotatable bonds is 3. The fourth-order valence-corrected chi connectivity index (χ4v) is 2.49. The Morgan fingerprint density at radius 2 is 1.75 bits per heavy atom. The molecule has 0 saturated carbocycles. The van der Waals surface area contributed by atoms with Crippen molar-refractivity contribution in [3.05, 3.63) is 56.5 Å². The fraction of sp³-hybridized carbons (Fsp3) is 0.0714. The van der Waals surface area contributed by atoms with Crippen LogP contribution in [0.25, 0.3) is 0 Å². The first-order chi connectivity index (χ1) is 9.38. The Hall–Kier alpha value is -1.00. The lowest BCUT2D eigenvalue weighted by atomic mass is 10.1. The molecule has 0 saturated heterocycles. The average Bonchev–Trinajstić information content (AvgIpc) is 2.37. The minimum atomic E-state index is 0.254. The molecule has 0 aromatic heterocycles. The van der Waals surface area contributed by atoms with E-state index >= 15 is 0 Å². The second-order valence-electron chi connectivity index (χ2n) is 4.26. The smallest absolute Gasteiger partial charge is 0.106 e. The lowest BCUT2D eigenvalue weighted by Crippen LogP contribution is -2.12. The molecule has 6 heteroatoms. The maximum Gasteiger partial charge on any atom is 0.106 e. The van der Waals surface area contributed by atoms with Crippen molar-refractivity contribution in [1.82, 2.24) is 0 Å². The SMILES string of the molecule is Cc1cc(Cl)c(Nc2ccc(Cl)cc2C(N)=S)cc1Cl. The monoisotopic (exact) mass is 344 g/mol. The van der Waals surface area contributed by atoms with Crippen LogP contribution in [-0.2, 0) is 0 Å². The summed E-state index contributed by atoms with van der Waals surface area (Å²) in [7, 11) is 0. The van der Waals surface area contributed by atoms with Crippen LogP contribution in [0.5, 0.6) is 0 Å². The van der Waals surface area contributed by atoms with Crippen molar-refractivity contribution in [2.75, 3.05) is 5.32 Å². The summed E-state index contributed by atoms with van der Waals surface area (Å²) >= 11 is 23.3. The van der Waals surface area contributed by atoms with Gasteiger partial charge in [-0.15, -0.1) is 0 Å². The van der Waals surface area contributed by atoms with Crippen LogP contribution in [0, 0.1) is 6.92 Å². The first kappa shape index (κ1) is 15.4. The van der Waals surface area contributed by atoms with E-state index in [0.717, 1.165) is 11.3 Å². The Bertz CT molecular complexity index is 686. The Labute approximate surface area is 137 Å². The normalized spacial score (nSPS) is 10.4. The highest BCUT2D eigenvalue weighted by Gasteiger charge is 2.10. The van der Waals surface area contributed by atoms with Crippen molar-refractivity contribution in [1.29, 1.82) is 0 Å². The third-order valence-electron chi connectivity index (χ3n) is 2.76. The molecule has 20 heavy (non-hydrogen) atoms. The summed E-state index contributed by atoms with van der Waals surface area (Å²) < 4.78 is 0. The van der Waals surface area contributed by atoms with E-state index in [4.69, 9.17) is 52.8 Å². The standard InChI is InChI=1S/C14H11Cl3N2S/c1-7-4-11(17)13(6-10(7)16)19-12-3-2-8(15)5-9(12)14(18)20/h2-6,19H,1H3,(H2,18,20). The summed E-state index contributed by atoms with van der Waals surface area (Å²) in [5.74, 6) is 0. The van der Waals surface area contributed by atoms with Gasteiger partial charge in [0.15, 0.2) is 0 Å². The van der Waals surface area contributed by atoms with E-state index in [0.29, 0.717) is 26.3 Å². The molecule has 2 aromatic rings. The number of aryl methyl sites for hydroxylation is 1. The van der Waals surface area contributed by atoms with E-state index in [9.17, 15) is 0 Å². The molecule has 0 radical (unpaired) electrons. The average molecular weight is 346 g/mol. The van der Waals surface area contributed by atoms with Crippen LogP contribution in [0.4, 0.5) is 11.4 Å². The van der Waals surface area contributed by atoms with Gasteiger partial charge in [-0.3, -0.25) is 0 Å². The third-order valence-corrected chi connectivity index (χ3v) is 3.94. The van der Waals surface area contributed by atoms with Gasteiger partial charge in [-0.05, 0) is 42.8 Å². The summed E-state index contributed by atoms with van der Waals surface area (Å²) in [5, 5.41) is 4.93. The zero-order valence-electron chi connectivity index (χ0n) is 10.5. The maximum atomic E-state index is 6.20. The van der Waals surface area contributed by atoms with Crippen LogP contribution >= 0.6 is 47.0 Å². The molecular formula is C14H11Cl3N2S. The second-order valence-corrected chi connectivity index (χ2v) is 5.95. The van der Waals surface area contributed by atoms with Gasteiger partial charge in [0.25, 0.3) is 0 Å². The van der Waals surface area contributed by atoms with Gasteiger partial charge >= 0.3 is 0 Å². The summed E-state index contributed by atoms with van der Waals surface area (Å²) in [6, 6.07) is 8.80. The van der Waals surface area contributed by atoms with E-state index in [1.54, 1.807) is 30.3 Å². The number of nitrogens with two attached hydrogens (primary N) is 1. The third kappa shape index (κ3) is 3.36. The molecule has 0 aliphatic heterocycles. The number of anilines is 2. The van der Waals surface area contributed by atoms with Crippen LogP contribution < -0.4 is 11.1 Å². The van der Waals surface area contributed by atoms with Crippen LogP contribution in [-0.4, -0.2) is 4.99 Å². The molecule has 0 aliphatic carbocycles. The van der Waals surface area contributed by atoms with Crippen LogP contribution in [0.2, 0.25) is 15.1 Å². The molecule has 0 bridgehead atoms. The molecule has 0 fully saturated rings. The number of hydrogen-bond acceptors (Lipinski definition) is 2. The van der Waals surface area contributed by atoms with Crippen LogP contribution in [0.3, 0.4) is 0 Å². The lowest BCUT2D eigenvalue weighted by Gasteiger charge is -2.14. The summed E-state index contributed by atoms with van der Waals surface area (Å²) in [6.45, 7) is 1.89. The molecule has 104 valence electrons. The first-order valence-corrected chi connectivity index (χ1v) is 7.24. The molecule has 3 N–H and O–H groups in total. The van der Waals surface area contributed by atoms with E-state index in [1.807, 2.05) is 6.92 Å². The van der Waals surface area contributed by atoms with E-state index < -0.39 is 0 Å². The predicted octanol–water partition coefficient (Wildman–Crippen LogP) is 5.33. The fourth-order valence-electron chi connectivity index (χ4n) is 1.72. The van der Waals surface area contributed by atoms with Gasteiger partial charge in [-0.1, -0.05) is 47.0 Å². The van der Waals surface area contributed by atoms with Gasteiger partial charge in [0.1, 0.15) is 4.99 Å². The largest absolute Gasteiger partial charge is 0.389 e. The second kappa shape index (κ2) is 6.19. The molecule has 2 aromatic carbocycles. The van der Waals surface area contributed by atoms with Gasteiger partial charge < -0.3 is 11.1 Å². The molecule has 2 rings (SSSR count). The first-order valence-electron chi connectivity index (χ1n) is 5.70. The number of hydrogen-bond donors (Lipinski definition) is 2. The van der Waals surface area contributed by atoms with E-state index in [-0.39, 0.29) is 4.99 Å². The highest BCUT2D eigenvalue weighted by molar-refractivity contribution is 7.80. The highest BCUT2D eigenvalue weighted by atomic mass is 35.5. The van der Waals surface area contributed by atoms with Crippen molar-refractivity contribution in [3.8, 4) is 0 Å². The van der Waals surface area contributed by atoms with E-state index in [2.05, 4.69) is 5.32 Å². The van der Waals surface area contributed by atoms with Gasteiger partial charge in [0, 0.05) is 21.3 Å². The van der Waals surface area contributed by atoms with Gasteiger partial charge in [-0.2, -0.15) is 0 Å². The van der Waals surface area contributed by atoms with Crippen molar-refractivity contribution in [2.45, 2.75) is 6.92 Å². The summed E-state index contributed by atoms with van der Waals surface area (Å²) in [6.07, 6.45) is 0. The number of thiocarbonyl (C=S) groups is 1. The van der Waals surface area contributed by atoms with E-state index in [1.165, 1.54) is 0 Å². The highest BCUT2D eigenvalue weighted by Crippen LogP contribution is 2.32. The zero-order valence-corrected chi connectivity index (χ0v) is 13.6. The van der Waals surface area contributed by atoms with Crippen molar-refractivity contribution < 1.29 is 0 Å². The summed E-state index contributed by atoms with van der Waals surface area (Å²) in [5.41, 5.74) is 8.67. The Morgan fingerprint density at radius 1 is 1.05 bits per heavy atom. The van der Waals surface area contributed by atoms with Crippen molar-refractivity contribution >= 4 is 63.4 Å². The lowest BCUT2D eigenvalue weighted by molar-refractivity contribution is 1.45. The van der Waals surface area contributed by atoms with Gasteiger partial charge in [0.05, 0.1) is 10.7 Å². The molecule has 0 aliphatic rings. The van der Waals surface area contributed by atoms with Crippen LogP contribution in [0.1, 0.15) is 11.1 Å². The summed E-state index contributed by atoms with van der Waals surface area (Å²) in [4.78, 5) is 0.254. The molecule has 2 nitrogen and oxygen atoms in total. The topological polar surface area (TPSA) is 38.0 Å². The Kier molecular flexibility index (Phi) is 4.76. The quantitative estimate of drug-likeness (QED) is 0.738. The molecular weight excluding hydrogens is 335 g/mol. The van der Waals surface area contributed by atoms with Crippen molar-refractivity contribution in [2.24, 2.45) is 5.73 Å².